The number of aryl methyl sites for hydroxylation is 1. The molecule has 0 spiro atoms. The van der Waals surface area contributed by atoms with Crippen LogP contribution in [0.15, 0.2) is 91.0 Å². The summed E-state index contributed by atoms with van der Waals surface area (Å²) in [6.45, 7) is 2.07. The third-order valence-electron chi connectivity index (χ3n) is 5.10. The van der Waals surface area contributed by atoms with Crippen LogP contribution in [-0.4, -0.2) is 14.6 Å². The highest BCUT2D eigenvalue weighted by Gasteiger charge is 2.18. The van der Waals surface area contributed by atoms with E-state index in [9.17, 15) is 0 Å². The first-order chi connectivity index (χ1) is 14.2. The van der Waals surface area contributed by atoms with Gasteiger partial charge in [-0.3, -0.25) is 0 Å². The highest BCUT2D eigenvalue weighted by molar-refractivity contribution is 5.89. The van der Waals surface area contributed by atoms with Gasteiger partial charge in [-0.2, -0.15) is 0 Å². The van der Waals surface area contributed by atoms with Crippen molar-refractivity contribution in [3.05, 3.63) is 96.6 Å². The van der Waals surface area contributed by atoms with Crippen molar-refractivity contribution in [1.82, 2.24) is 14.6 Å². The minimum absolute atomic E-state index is 0.476. The number of hydrogen-bond donors (Lipinski definition) is 1. The van der Waals surface area contributed by atoms with Crippen LogP contribution in [0.25, 0.3) is 39.3 Å². The van der Waals surface area contributed by atoms with Crippen LogP contribution in [-0.2, 0) is 0 Å². The van der Waals surface area contributed by atoms with Gasteiger partial charge in [0.05, 0.1) is 17.0 Å². The van der Waals surface area contributed by atoms with Crippen LogP contribution in [0.3, 0.4) is 0 Å². The van der Waals surface area contributed by atoms with E-state index in [1.165, 1.54) is 5.56 Å². The Bertz CT molecular complexity index is 1290. The molecular formula is C25H20N4. The van der Waals surface area contributed by atoms with Gasteiger partial charge < -0.3 is 5.73 Å². The Kier molecular flexibility index (Phi) is 4.10. The summed E-state index contributed by atoms with van der Waals surface area (Å²) in [6, 6.07) is 30.8. The number of fused-ring (bicyclic) bond motifs is 1. The second-order valence-electron chi connectivity index (χ2n) is 7.12. The van der Waals surface area contributed by atoms with Crippen LogP contribution in [0.2, 0.25) is 0 Å². The zero-order valence-corrected chi connectivity index (χ0v) is 16.1. The fourth-order valence-corrected chi connectivity index (χ4v) is 3.60. The lowest BCUT2D eigenvalue weighted by atomic mass is 10.0. The SMILES string of the molecule is Cc1ccc(-c2c(N)nn3c(-c4ccccc4)cc(-c4ccccc4)nc23)cc1. The van der Waals surface area contributed by atoms with E-state index in [0.29, 0.717) is 5.82 Å². The molecule has 0 saturated heterocycles. The maximum atomic E-state index is 6.39. The van der Waals surface area contributed by atoms with E-state index in [1.54, 1.807) is 0 Å². The van der Waals surface area contributed by atoms with Crippen molar-refractivity contribution >= 4 is 11.5 Å². The minimum atomic E-state index is 0.476. The molecule has 2 heterocycles. The predicted molar refractivity (Wildman–Crippen MR) is 118 cm³/mol. The number of nitrogens with zero attached hydrogens (tertiary/aromatic N) is 3. The van der Waals surface area contributed by atoms with Crippen LogP contribution in [0, 0.1) is 6.92 Å². The maximum Gasteiger partial charge on any atom is 0.166 e. The summed E-state index contributed by atoms with van der Waals surface area (Å²) in [5, 5.41) is 4.65. The molecule has 0 saturated carbocycles. The van der Waals surface area contributed by atoms with Gasteiger partial charge in [0.2, 0.25) is 0 Å². The standard InChI is InChI=1S/C25H20N4/c1-17-12-14-20(15-13-17)23-24(26)28-29-22(19-10-6-3-7-11-19)16-21(27-25(23)29)18-8-4-2-5-9-18/h2-16H,1H3,(H2,26,28). The van der Waals surface area contributed by atoms with E-state index in [1.807, 2.05) is 40.9 Å². The van der Waals surface area contributed by atoms with Crippen molar-refractivity contribution in [1.29, 1.82) is 0 Å². The van der Waals surface area contributed by atoms with Gasteiger partial charge >= 0.3 is 0 Å². The van der Waals surface area contributed by atoms with Gasteiger partial charge in [-0.15, -0.1) is 5.10 Å². The first-order valence-electron chi connectivity index (χ1n) is 9.58. The summed E-state index contributed by atoms with van der Waals surface area (Å²) in [4.78, 5) is 4.97. The van der Waals surface area contributed by atoms with Gasteiger partial charge in [-0.05, 0) is 18.6 Å². The molecule has 5 aromatic rings. The van der Waals surface area contributed by atoms with Gasteiger partial charge in [0.15, 0.2) is 11.5 Å². The lowest BCUT2D eigenvalue weighted by molar-refractivity contribution is 0.955. The molecule has 2 aromatic heterocycles. The number of rotatable bonds is 3. The number of nitrogens with two attached hydrogens (primary N) is 1. The second kappa shape index (κ2) is 6.91. The van der Waals surface area contributed by atoms with E-state index in [0.717, 1.165) is 39.3 Å². The van der Waals surface area contributed by atoms with E-state index in [2.05, 4.69) is 66.6 Å². The van der Waals surface area contributed by atoms with E-state index < -0.39 is 0 Å². The van der Waals surface area contributed by atoms with Crippen molar-refractivity contribution in [2.24, 2.45) is 0 Å². The van der Waals surface area contributed by atoms with Crippen molar-refractivity contribution in [3.63, 3.8) is 0 Å². The number of anilines is 1. The lowest BCUT2D eigenvalue weighted by Crippen LogP contribution is -1.99. The lowest BCUT2D eigenvalue weighted by Gasteiger charge is -2.09. The fraction of sp³-hybridized carbons (Fsp3) is 0.0400. The average molecular weight is 376 g/mol. The summed E-state index contributed by atoms with van der Waals surface area (Å²) in [7, 11) is 0. The zero-order chi connectivity index (χ0) is 19.8. The highest BCUT2D eigenvalue weighted by atomic mass is 15.3. The highest BCUT2D eigenvalue weighted by Crippen LogP contribution is 2.34. The van der Waals surface area contributed by atoms with Crippen LogP contribution < -0.4 is 5.73 Å². The monoisotopic (exact) mass is 376 g/mol. The van der Waals surface area contributed by atoms with E-state index in [4.69, 9.17) is 10.7 Å². The first-order valence-corrected chi connectivity index (χ1v) is 9.58. The van der Waals surface area contributed by atoms with Crippen LogP contribution in [0.5, 0.6) is 0 Å². The van der Waals surface area contributed by atoms with Gasteiger partial charge in [0.1, 0.15) is 0 Å². The maximum absolute atomic E-state index is 6.39. The Labute approximate surface area is 169 Å². The largest absolute Gasteiger partial charge is 0.382 e. The van der Waals surface area contributed by atoms with E-state index in [-0.39, 0.29) is 0 Å². The predicted octanol–water partition coefficient (Wildman–Crippen LogP) is 5.62. The molecule has 0 aliphatic rings. The number of benzene rings is 3. The fourth-order valence-electron chi connectivity index (χ4n) is 3.60. The molecule has 0 fully saturated rings. The Balaban J connectivity index is 1.84. The molecule has 0 amide bonds. The summed E-state index contributed by atoms with van der Waals surface area (Å²) < 4.78 is 1.85. The van der Waals surface area contributed by atoms with Crippen molar-refractivity contribution in [2.75, 3.05) is 5.73 Å². The second-order valence-corrected chi connectivity index (χ2v) is 7.12. The van der Waals surface area contributed by atoms with Gasteiger partial charge in [0.25, 0.3) is 0 Å². The third kappa shape index (κ3) is 3.05. The van der Waals surface area contributed by atoms with Crippen molar-refractivity contribution < 1.29 is 0 Å². The minimum Gasteiger partial charge on any atom is -0.382 e. The average Bonchev–Trinajstić information content (AvgIpc) is 3.10. The molecule has 3 aromatic carbocycles. The summed E-state index contributed by atoms with van der Waals surface area (Å²) in [5.74, 6) is 0.476. The summed E-state index contributed by atoms with van der Waals surface area (Å²) in [5.41, 5.74) is 14.2. The zero-order valence-electron chi connectivity index (χ0n) is 16.1. The van der Waals surface area contributed by atoms with Gasteiger partial charge in [-0.1, -0.05) is 90.5 Å². The Morgan fingerprint density at radius 1 is 0.724 bits per heavy atom. The van der Waals surface area contributed by atoms with Gasteiger partial charge in [-0.25, -0.2) is 9.50 Å². The number of hydrogen-bond acceptors (Lipinski definition) is 3. The molecule has 5 rings (SSSR count). The van der Waals surface area contributed by atoms with Crippen LogP contribution >= 0.6 is 0 Å². The molecule has 0 aliphatic carbocycles. The molecule has 29 heavy (non-hydrogen) atoms. The molecule has 0 bridgehead atoms. The smallest absolute Gasteiger partial charge is 0.166 e. The number of nitrogen functional groups attached to an aromatic ring is 1. The molecule has 4 heteroatoms. The summed E-state index contributed by atoms with van der Waals surface area (Å²) >= 11 is 0. The van der Waals surface area contributed by atoms with Crippen molar-refractivity contribution in [2.45, 2.75) is 6.92 Å². The van der Waals surface area contributed by atoms with Crippen LogP contribution in [0.4, 0.5) is 5.82 Å². The molecule has 0 unspecified atom stereocenters. The van der Waals surface area contributed by atoms with Crippen molar-refractivity contribution in [3.8, 4) is 33.6 Å². The Morgan fingerprint density at radius 3 is 2.00 bits per heavy atom. The quantitative estimate of drug-likeness (QED) is 0.444. The third-order valence-corrected chi connectivity index (χ3v) is 5.10. The van der Waals surface area contributed by atoms with Crippen LogP contribution in [0.1, 0.15) is 5.56 Å². The van der Waals surface area contributed by atoms with E-state index >= 15 is 0 Å². The molecule has 0 radical (unpaired) electrons. The molecule has 140 valence electrons. The first kappa shape index (κ1) is 17.2. The molecule has 0 atom stereocenters. The summed E-state index contributed by atoms with van der Waals surface area (Å²) in [6.07, 6.45) is 0. The Morgan fingerprint density at radius 2 is 1.34 bits per heavy atom. The molecule has 0 aliphatic heterocycles. The Hall–Kier alpha value is -3.92. The number of aromatic nitrogens is 3. The van der Waals surface area contributed by atoms with Gasteiger partial charge in [0, 0.05) is 11.1 Å². The molecular weight excluding hydrogens is 356 g/mol. The molecule has 2 N–H and O–H groups in total. The normalized spacial score (nSPS) is 11.1. The molecule has 4 nitrogen and oxygen atoms in total. The topological polar surface area (TPSA) is 56.2 Å².